The molecule has 0 fully saturated rings. The lowest BCUT2D eigenvalue weighted by Crippen LogP contribution is -2.12. The van der Waals surface area contributed by atoms with Crippen molar-refractivity contribution in [2.75, 3.05) is 13.7 Å². The number of oxazole rings is 1. The van der Waals surface area contributed by atoms with Crippen molar-refractivity contribution in [3.05, 3.63) is 36.4 Å². The summed E-state index contributed by atoms with van der Waals surface area (Å²) in [4.78, 5) is 4.22. The predicted molar refractivity (Wildman–Crippen MR) is 65.9 cm³/mol. The Morgan fingerprint density at radius 2 is 2.29 bits per heavy atom. The van der Waals surface area contributed by atoms with Crippen LogP contribution in [0, 0.1) is 0 Å². The lowest BCUT2D eigenvalue weighted by molar-refractivity contribution is 0.415. The maximum absolute atomic E-state index is 5.44. The van der Waals surface area contributed by atoms with E-state index in [0.29, 0.717) is 6.54 Å². The maximum atomic E-state index is 5.44. The third kappa shape index (κ3) is 2.65. The monoisotopic (exact) mass is 232 g/mol. The van der Waals surface area contributed by atoms with Gasteiger partial charge in [-0.25, -0.2) is 4.98 Å². The summed E-state index contributed by atoms with van der Waals surface area (Å²) in [7, 11) is 1.65. The minimum Gasteiger partial charge on any atom is -0.497 e. The molecule has 0 saturated heterocycles. The van der Waals surface area contributed by atoms with Crippen LogP contribution in [0.25, 0.3) is 11.3 Å². The van der Waals surface area contributed by atoms with Crippen LogP contribution in [-0.4, -0.2) is 18.6 Å². The van der Waals surface area contributed by atoms with Gasteiger partial charge in [-0.05, 0) is 18.7 Å². The Morgan fingerprint density at radius 1 is 1.41 bits per heavy atom. The lowest BCUT2D eigenvalue weighted by atomic mass is 10.1. The van der Waals surface area contributed by atoms with Gasteiger partial charge in [0.05, 0.1) is 7.11 Å². The van der Waals surface area contributed by atoms with Gasteiger partial charge in [0.2, 0.25) is 0 Å². The number of aromatic nitrogens is 1. The molecule has 1 heterocycles. The van der Waals surface area contributed by atoms with Gasteiger partial charge in [0, 0.05) is 12.1 Å². The fourth-order valence-electron chi connectivity index (χ4n) is 1.64. The van der Waals surface area contributed by atoms with Gasteiger partial charge >= 0.3 is 0 Å². The number of benzene rings is 1. The molecule has 4 heteroatoms. The summed E-state index contributed by atoms with van der Waals surface area (Å²) in [6, 6.07) is 7.77. The van der Waals surface area contributed by atoms with Crippen LogP contribution in [0.2, 0.25) is 0 Å². The topological polar surface area (TPSA) is 47.3 Å². The molecular weight excluding hydrogens is 216 g/mol. The van der Waals surface area contributed by atoms with E-state index in [4.69, 9.17) is 9.15 Å². The number of hydrogen-bond donors (Lipinski definition) is 1. The number of nitrogens with zero attached hydrogens (tertiary/aromatic N) is 1. The van der Waals surface area contributed by atoms with E-state index in [1.807, 2.05) is 24.3 Å². The molecule has 4 nitrogen and oxygen atoms in total. The highest BCUT2D eigenvalue weighted by atomic mass is 16.5. The molecular formula is C13H16N2O2. The number of rotatable bonds is 5. The van der Waals surface area contributed by atoms with Crippen LogP contribution in [0.3, 0.4) is 0 Å². The first-order valence-corrected chi connectivity index (χ1v) is 5.62. The molecule has 2 aromatic rings. The van der Waals surface area contributed by atoms with Crippen molar-refractivity contribution >= 4 is 0 Å². The van der Waals surface area contributed by atoms with E-state index in [2.05, 4.69) is 17.2 Å². The van der Waals surface area contributed by atoms with Crippen molar-refractivity contribution in [2.45, 2.75) is 13.5 Å². The summed E-state index contributed by atoms with van der Waals surface area (Å²) >= 11 is 0. The van der Waals surface area contributed by atoms with E-state index in [1.165, 1.54) is 6.39 Å². The number of nitrogens with one attached hydrogen (secondary N) is 1. The smallest absolute Gasteiger partial charge is 0.181 e. The zero-order chi connectivity index (χ0) is 12.1. The molecule has 1 aromatic carbocycles. The molecule has 0 spiro atoms. The average molecular weight is 232 g/mol. The van der Waals surface area contributed by atoms with Crippen molar-refractivity contribution in [1.29, 1.82) is 0 Å². The molecule has 0 amide bonds. The molecule has 0 aliphatic carbocycles. The second-order valence-corrected chi connectivity index (χ2v) is 3.64. The molecule has 17 heavy (non-hydrogen) atoms. The van der Waals surface area contributed by atoms with Crippen molar-refractivity contribution in [1.82, 2.24) is 10.3 Å². The van der Waals surface area contributed by atoms with Crippen molar-refractivity contribution in [2.24, 2.45) is 0 Å². The van der Waals surface area contributed by atoms with Crippen molar-refractivity contribution in [3.63, 3.8) is 0 Å². The van der Waals surface area contributed by atoms with E-state index in [9.17, 15) is 0 Å². The first-order valence-electron chi connectivity index (χ1n) is 5.62. The molecule has 2 rings (SSSR count). The first kappa shape index (κ1) is 11.7. The van der Waals surface area contributed by atoms with Crippen LogP contribution in [-0.2, 0) is 6.54 Å². The summed E-state index contributed by atoms with van der Waals surface area (Å²) in [6.07, 6.45) is 1.47. The number of ether oxygens (including phenoxy) is 1. The zero-order valence-corrected chi connectivity index (χ0v) is 10.1. The molecule has 90 valence electrons. The quantitative estimate of drug-likeness (QED) is 0.860. The molecule has 0 aliphatic heterocycles. The van der Waals surface area contributed by atoms with Gasteiger partial charge in [-0.1, -0.05) is 19.1 Å². The van der Waals surface area contributed by atoms with Crippen LogP contribution in [0.15, 0.2) is 35.1 Å². The highest BCUT2D eigenvalue weighted by Gasteiger charge is 2.10. The van der Waals surface area contributed by atoms with Gasteiger partial charge in [-0.15, -0.1) is 0 Å². The summed E-state index contributed by atoms with van der Waals surface area (Å²) in [5.41, 5.74) is 1.90. The average Bonchev–Trinajstić information content (AvgIpc) is 2.84. The van der Waals surface area contributed by atoms with E-state index in [0.717, 1.165) is 29.3 Å². The summed E-state index contributed by atoms with van der Waals surface area (Å²) < 4.78 is 10.6. The third-order valence-electron chi connectivity index (χ3n) is 2.52. The van der Waals surface area contributed by atoms with Crippen molar-refractivity contribution < 1.29 is 9.15 Å². The highest BCUT2D eigenvalue weighted by Crippen LogP contribution is 2.26. The maximum Gasteiger partial charge on any atom is 0.181 e. The minimum atomic E-state index is 0.708. The van der Waals surface area contributed by atoms with Gasteiger partial charge in [0.25, 0.3) is 0 Å². The molecule has 1 aromatic heterocycles. The normalized spacial score (nSPS) is 10.5. The van der Waals surface area contributed by atoms with Crippen molar-refractivity contribution in [3.8, 4) is 17.1 Å². The zero-order valence-electron chi connectivity index (χ0n) is 10.1. The van der Waals surface area contributed by atoms with Crippen LogP contribution < -0.4 is 10.1 Å². The first-order chi connectivity index (χ1) is 8.35. The minimum absolute atomic E-state index is 0.708. The Labute approximate surface area is 101 Å². The van der Waals surface area contributed by atoms with Gasteiger partial charge in [0.1, 0.15) is 11.4 Å². The second-order valence-electron chi connectivity index (χ2n) is 3.64. The molecule has 0 aliphatic rings. The van der Waals surface area contributed by atoms with Gasteiger partial charge in [0.15, 0.2) is 12.2 Å². The van der Waals surface area contributed by atoms with E-state index >= 15 is 0 Å². The van der Waals surface area contributed by atoms with Crippen LogP contribution in [0.1, 0.15) is 12.6 Å². The SMILES string of the molecule is CCNCc1ncoc1-c1cccc(OC)c1. The van der Waals surface area contributed by atoms with E-state index < -0.39 is 0 Å². The van der Waals surface area contributed by atoms with E-state index in [1.54, 1.807) is 7.11 Å². The van der Waals surface area contributed by atoms with E-state index in [-0.39, 0.29) is 0 Å². The Kier molecular flexibility index (Phi) is 3.77. The van der Waals surface area contributed by atoms with Gasteiger partial charge < -0.3 is 14.5 Å². The summed E-state index contributed by atoms with van der Waals surface area (Å²) in [5, 5.41) is 3.24. The molecule has 0 bridgehead atoms. The Bertz CT molecular complexity index is 480. The fraction of sp³-hybridized carbons (Fsp3) is 0.308. The second kappa shape index (κ2) is 5.50. The largest absolute Gasteiger partial charge is 0.497 e. The third-order valence-corrected chi connectivity index (χ3v) is 2.52. The van der Waals surface area contributed by atoms with Gasteiger partial charge in [-0.3, -0.25) is 0 Å². The lowest BCUT2D eigenvalue weighted by Gasteiger charge is -2.04. The molecule has 0 atom stereocenters. The van der Waals surface area contributed by atoms with Crippen LogP contribution >= 0.6 is 0 Å². The van der Waals surface area contributed by atoms with Crippen LogP contribution in [0.4, 0.5) is 0 Å². The standard InChI is InChI=1S/C13H16N2O2/c1-3-14-8-12-13(17-9-15-12)10-5-4-6-11(7-10)16-2/h4-7,9,14H,3,8H2,1-2H3. The summed E-state index contributed by atoms with van der Waals surface area (Å²) in [6.45, 7) is 3.68. The molecule has 0 unspecified atom stereocenters. The Hall–Kier alpha value is -1.81. The number of methoxy groups -OCH3 is 1. The molecule has 0 radical (unpaired) electrons. The Morgan fingerprint density at radius 3 is 3.06 bits per heavy atom. The summed E-state index contributed by atoms with van der Waals surface area (Å²) in [5.74, 6) is 1.61. The van der Waals surface area contributed by atoms with Crippen LogP contribution in [0.5, 0.6) is 5.75 Å². The molecule has 0 saturated carbocycles. The number of hydrogen-bond acceptors (Lipinski definition) is 4. The fourth-order valence-corrected chi connectivity index (χ4v) is 1.64. The Balaban J connectivity index is 2.28. The predicted octanol–water partition coefficient (Wildman–Crippen LogP) is 2.46. The van der Waals surface area contributed by atoms with Gasteiger partial charge in [-0.2, -0.15) is 0 Å². The highest BCUT2D eigenvalue weighted by molar-refractivity contribution is 5.61. The molecule has 1 N–H and O–H groups in total.